The zero-order valence-corrected chi connectivity index (χ0v) is 19.3. The van der Waals surface area contributed by atoms with Crippen molar-refractivity contribution in [3.63, 3.8) is 0 Å². The van der Waals surface area contributed by atoms with Crippen LogP contribution in [0.3, 0.4) is 0 Å². The van der Waals surface area contributed by atoms with Gasteiger partial charge in [0.15, 0.2) is 0 Å². The number of anilines is 2. The number of hydrogen-bond acceptors (Lipinski definition) is 8. The highest BCUT2D eigenvalue weighted by Gasteiger charge is 2.38. The van der Waals surface area contributed by atoms with Crippen molar-refractivity contribution in [3.8, 4) is 11.5 Å². The minimum absolute atomic E-state index is 0.124. The van der Waals surface area contributed by atoms with Crippen LogP contribution < -0.4 is 16.0 Å². The Balaban J connectivity index is 2.03. The molecule has 0 aromatic heterocycles. The second kappa shape index (κ2) is 10.2. The van der Waals surface area contributed by atoms with Crippen molar-refractivity contribution in [1.82, 2.24) is 5.32 Å². The number of ketones is 2. The third-order valence-corrected chi connectivity index (χ3v) is 6.13. The van der Waals surface area contributed by atoms with Crippen LogP contribution in [0, 0.1) is 5.21 Å². The van der Waals surface area contributed by atoms with E-state index >= 15 is 0 Å². The second-order valence-electron chi connectivity index (χ2n) is 8.04. The molecular formula is C24H32N4O5. The summed E-state index contributed by atoms with van der Waals surface area (Å²) >= 11 is 0. The zero-order valence-electron chi connectivity index (χ0n) is 19.3. The van der Waals surface area contributed by atoms with Gasteiger partial charge in [-0.2, -0.15) is 0 Å². The summed E-state index contributed by atoms with van der Waals surface area (Å²) < 4.78 is -0.371. The number of aromatic hydroxyl groups is 2. The van der Waals surface area contributed by atoms with E-state index in [1.807, 2.05) is 20.8 Å². The van der Waals surface area contributed by atoms with Crippen LogP contribution in [-0.4, -0.2) is 72.2 Å². The summed E-state index contributed by atoms with van der Waals surface area (Å²) in [6, 6.07) is 5.80. The standard InChI is InChI=1S/C24H32N4O5/c1-4-25-11-12-26-15-7-8-16(27-13-14-28(33,5-2)6-3)20-19(15)23(31)21-17(29)9-10-18(30)22(21)24(20)32/h7-10,25-27,29-30H,4-6,11-14H2,1-3H3. The number of phenols is 2. The molecule has 9 heteroatoms. The van der Waals surface area contributed by atoms with Gasteiger partial charge in [-0.05, 0) is 44.7 Å². The second-order valence-corrected chi connectivity index (χ2v) is 8.04. The maximum Gasteiger partial charge on any atom is 0.200 e. The lowest BCUT2D eigenvalue weighted by Crippen LogP contribution is -2.44. The van der Waals surface area contributed by atoms with E-state index in [0.717, 1.165) is 6.54 Å². The first-order valence-electron chi connectivity index (χ1n) is 11.3. The Morgan fingerprint density at radius 3 is 1.70 bits per heavy atom. The molecule has 0 fully saturated rings. The van der Waals surface area contributed by atoms with Gasteiger partial charge in [0.25, 0.3) is 0 Å². The van der Waals surface area contributed by atoms with Crippen molar-refractivity contribution in [2.75, 3.05) is 56.4 Å². The van der Waals surface area contributed by atoms with Crippen molar-refractivity contribution in [3.05, 3.63) is 51.7 Å². The number of likely N-dealkylation sites (N-methyl/N-ethyl adjacent to an activating group) is 2. The first-order chi connectivity index (χ1) is 15.8. The molecule has 0 saturated heterocycles. The van der Waals surface area contributed by atoms with Gasteiger partial charge in [-0.3, -0.25) is 9.59 Å². The van der Waals surface area contributed by atoms with E-state index in [-0.39, 0.29) is 38.4 Å². The number of nitrogens with zero attached hydrogens (tertiary/aromatic N) is 1. The largest absolute Gasteiger partial charge is 0.633 e. The molecule has 178 valence electrons. The maximum atomic E-state index is 13.5. The molecular weight excluding hydrogens is 424 g/mol. The average molecular weight is 457 g/mol. The van der Waals surface area contributed by atoms with Gasteiger partial charge in [-0.25, -0.2) is 0 Å². The molecule has 1 aliphatic carbocycles. The van der Waals surface area contributed by atoms with E-state index in [9.17, 15) is 25.0 Å². The van der Waals surface area contributed by atoms with E-state index in [1.54, 1.807) is 12.1 Å². The highest BCUT2D eigenvalue weighted by atomic mass is 16.5. The third-order valence-electron chi connectivity index (χ3n) is 6.13. The fraction of sp³-hybridized carbons (Fsp3) is 0.417. The predicted octanol–water partition coefficient (Wildman–Crippen LogP) is 2.66. The van der Waals surface area contributed by atoms with Gasteiger partial charge in [0, 0.05) is 24.5 Å². The van der Waals surface area contributed by atoms with Crippen LogP contribution in [0.1, 0.15) is 52.6 Å². The van der Waals surface area contributed by atoms with Gasteiger partial charge >= 0.3 is 0 Å². The topological polar surface area (TPSA) is 134 Å². The van der Waals surface area contributed by atoms with Crippen LogP contribution in [0.25, 0.3) is 0 Å². The number of carbonyl (C=O) groups excluding carboxylic acids is 2. The smallest absolute Gasteiger partial charge is 0.200 e. The van der Waals surface area contributed by atoms with E-state index in [0.29, 0.717) is 50.6 Å². The molecule has 33 heavy (non-hydrogen) atoms. The Bertz CT molecular complexity index is 1050. The highest BCUT2D eigenvalue weighted by Crippen LogP contribution is 2.42. The van der Waals surface area contributed by atoms with Crippen LogP contribution in [0.4, 0.5) is 11.4 Å². The zero-order chi connectivity index (χ0) is 24.2. The molecule has 0 aliphatic heterocycles. The third kappa shape index (κ3) is 4.80. The Morgan fingerprint density at radius 2 is 1.24 bits per heavy atom. The minimum atomic E-state index is -0.556. The molecule has 9 nitrogen and oxygen atoms in total. The predicted molar refractivity (Wildman–Crippen MR) is 128 cm³/mol. The van der Waals surface area contributed by atoms with Crippen LogP contribution >= 0.6 is 0 Å². The monoisotopic (exact) mass is 456 g/mol. The van der Waals surface area contributed by atoms with Gasteiger partial charge in [0.1, 0.15) is 11.5 Å². The first-order valence-corrected chi connectivity index (χ1v) is 11.3. The summed E-state index contributed by atoms with van der Waals surface area (Å²) in [6.45, 7) is 9.12. The average Bonchev–Trinajstić information content (AvgIpc) is 2.81. The van der Waals surface area contributed by atoms with Crippen molar-refractivity contribution in [2.24, 2.45) is 0 Å². The van der Waals surface area contributed by atoms with Crippen LogP contribution in [0.2, 0.25) is 0 Å². The highest BCUT2D eigenvalue weighted by molar-refractivity contribution is 6.33. The van der Waals surface area contributed by atoms with Gasteiger partial charge < -0.3 is 36.0 Å². The number of carbonyl (C=O) groups is 2. The number of hydrogen-bond donors (Lipinski definition) is 5. The van der Waals surface area contributed by atoms with E-state index < -0.39 is 11.6 Å². The maximum absolute atomic E-state index is 13.5. The number of fused-ring (bicyclic) bond motifs is 2. The summed E-state index contributed by atoms with van der Waals surface area (Å²) in [5, 5.41) is 42.8. The number of hydroxylamine groups is 3. The van der Waals surface area contributed by atoms with Crippen LogP contribution in [0.5, 0.6) is 11.5 Å². The summed E-state index contributed by atoms with van der Waals surface area (Å²) in [4.78, 5) is 26.9. The van der Waals surface area contributed by atoms with Crippen molar-refractivity contribution < 1.29 is 24.4 Å². The number of quaternary nitrogens is 1. The first kappa shape index (κ1) is 24.5. The Kier molecular flexibility index (Phi) is 7.57. The summed E-state index contributed by atoms with van der Waals surface area (Å²) in [5.41, 5.74) is 0.731. The van der Waals surface area contributed by atoms with Crippen LogP contribution in [0.15, 0.2) is 24.3 Å². The minimum Gasteiger partial charge on any atom is -0.633 e. The normalized spacial score (nSPS) is 13.0. The quantitative estimate of drug-likeness (QED) is 0.129. The molecule has 1 aliphatic rings. The number of nitrogens with one attached hydrogen (secondary N) is 3. The Morgan fingerprint density at radius 1 is 0.758 bits per heavy atom. The molecule has 0 amide bonds. The Labute approximate surface area is 193 Å². The summed E-state index contributed by atoms with van der Waals surface area (Å²) in [5.74, 6) is -1.82. The van der Waals surface area contributed by atoms with Crippen molar-refractivity contribution in [1.29, 1.82) is 0 Å². The lowest BCUT2D eigenvalue weighted by molar-refractivity contribution is -0.875. The fourth-order valence-electron chi connectivity index (χ4n) is 4.06. The number of rotatable bonds is 11. The lowest BCUT2D eigenvalue weighted by Gasteiger charge is -2.41. The summed E-state index contributed by atoms with van der Waals surface area (Å²) in [6.07, 6.45) is 0. The van der Waals surface area contributed by atoms with Gasteiger partial charge in [-0.1, -0.05) is 6.92 Å². The van der Waals surface area contributed by atoms with Crippen molar-refractivity contribution >= 4 is 22.9 Å². The van der Waals surface area contributed by atoms with E-state index in [2.05, 4.69) is 16.0 Å². The van der Waals surface area contributed by atoms with Crippen molar-refractivity contribution in [2.45, 2.75) is 20.8 Å². The molecule has 3 rings (SSSR count). The lowest BCUT2D eigenvalue weighted by atomic mass is 9.81. The van der Waals surface area contributed by atoms with E-state index in [1.165, 1.54) is 12.1 Å². The number of benzene rings is 2. The summed E-state index contributed by atoms with van der Waals surface area (Å²) in [7, 11) is 0. The molecule has 0 saturated carbocycles. The molecule has 0 bridgehead atoms. The Hall–Kier alpha value is -3.14. The number of phenolic OH excluding ortho intramolecular Hbond substituents is 2. The van der Waals surface area contributed by atoms with Gasteiger partial charge in [0.05, 0.1) is 48.4 Å². The molecule has 0 atom stereocenters. The van der Waals surface area contributed by atoms with Crippen LogP contribution in [-0.2, 0) is 0 Å². The molecule has 5 N–H and O–H groups in total. The molecule has 0 spiro atoms. The molecule has 0 radical (unpaired) electrons. The van der Waals surface area contributed by atoms with Gasteiger partial charge in [-0.15, -0.1) is 0 Å². The molecule has 2 aromatic carbocycles. The molecule has 2 aromatic rings. The molecule has 0 heterocycles. The van der Waals surface area contributed by atoms with E-state index in [4.69, 9.17) is 0 Å². The fourth-order valence-corrected chi connectivity index (χ4v) is 4.06. The SMILES string of the molecule is CCNCCNc1ccc(NCC[N+]([O-])(CC)CC)c2c1C(=O)c1c(O)ccc(O)c1C2=O. The van der Waals surface area contributed by atoms with Gasteiger partial charge in [0.2, 0.25) is 11.6 Å². The molecule has 0 unspecified atom stereocenters.